The van der Waals surface area contributed by atoms with E-state index in [4.69, 9.17) is 16.6 Å². The van der Waals surface area contributed by atoms with Crippen molar-refractivity contribution in [2.75, 3.05) is 12.3 Å². The first-order valence-electron chi connectivity index (χ1n) is 7.63. The Balaban J connectivity index is 1.77. The van der Waals surface area contributed by atoms with Crippen molar-refractivity contribution in [2.24, 2.45) is 0 Å². The van der Waals surface area contributed by atoms with Crippen LogP contribution < -0.4 is 5.73 Å². The second-order valence-electron chi connectivity index (χ2n) is 5.06. The van der Waals surface area contributed by atoms with Crippen LogP contribution in [0.2, 0.25) is 0 Å². The minimum atomic E-state index is -1.27. The number of hydrogen-bond acceptors (Lipinski definition) is 9. The average molecular weight is 324 g/mol. The van der Waals surface area contributed by atoms with E-state index in [1.54, 1.807) is 0 Å². The molecule has 0 saturated carbocycles. The molecule has 4 N–H and O–H groups in total. The molecule has 0 aliphatic carbocycles. The number of aromatic nitrogens is 4. The fourth-order valence-electron chi connectivity index (χ4n) is 2.40. The molecule has 23 heavy (non-hydrogen) atoms. The molecule has 10 heteroatoms. The van der Waals surface area contributed by atoms with Crippen LogP contribution in [0.3, 0.4) is 0 Å². The number of aliphatic hydroxyl groups excluding tert-OH is 2. The van der Waals surface area contributed by atoms with E-state index in [1.165, 1.54) is 17.2 Å². The highest BCUT2D eigenvalue weighted by atomic mass is 16.6. The zero-order valence-electron chi connectivity index (χ0n) is 13.1. The third-order valence-electron chi connectivity index (χ3n) is 3.61. The van der Waals surface area contributed by atoms with Crippen LogP contribution in [0.4, 0.5) is 5.82 Å². The Morgan fingerprint density at radius 2 is 2.30 bits per heavy atom. The van der Waals surface area contributed by atoms with Crippen molar-refractivity contribution in [1.82, 2.24) is 19.5 Å². The van der Waals surface area contributed by atoms with E-state index >= 15 is 0 Å². The first kappa shape index (κ1) is 14.3. The standard InChI is InChI=1S/C13H17N5O5/c1-2-7(19)22-3-6-9(20)10(21)13(23-6)18-5-17-8-11(14)15-4-16-12(8)18/h4-6,9-10,13,20-21H,2-3H2,1H3,(H2,14,15,16)/t6-,9-,10+,13?/m1/s1/i1D. The van der Waals surface area contributed by atoms with Crippen LogP contribution in [0, 0.1) is 0 Å². The second-order valence-corrected chi connectivity index (χ2v) is 5.06. The SMILES string of the molecule is [2H]CCC(=O)OC[C@H]1OC(n2cnc3c(N)ncnc32)[C@@H](O)[C@@H]1O. The Morgan fingerprint density at radius 3 is 3.09 bits per heavy atom. The summed E-state index contributed by atoms with van der Waals surface area (Å²) in [6.07, 6.45) is -1.79. The van der Waals surface area contributed by atoms with Gasteiger partial charge in [0.05, 0.1) is 6.33 Å². The number of nitrogens with two attached hydrogens (primary N) is 1. The molecule has 10 nitrogen and oxygen atoms in total. The van der Waals surface area contributed by atoms with E-state index in [-0.39, 0.29) is 25.7 Å². The first-order chi connectivity index (χ1) is 11.5. The third kappa shape index (κ3) is 2.71. The molecule has 2 aromatic heterocycles. The van der Waals surface area contributed by atoms with E-state index in [9.17, 15) is 15.0 Å². The van der Waals surface area contributed by atoms with Crippen LogP contribution in [0.5, 0.6) is 0 Å². The average Bonchev–Trinajstić information content (AvgIpc) is 3.10. The van der Waals surface area contributed by atoms with Crippen molar-refractivity contribution in [2.45, 2.75) is 37.9 Å². The summed E-state index contributed by atoms with van der Waals surface area (Å²) in [4.78, 5) is 23.3. The van der Waals surface area contributed by atoms with Crippen molar-refractivity contribution < 1.29 is 25.9 Å². The maximum atomic E-state index is 11.3. The molecule has 3 heterocycles. The summed E-state index contributed by atoms with van der Waals surface area (Å²) in [5.74, 6) is -0.375. The van der Waals surface area contributed by atoms with E-state index in [0.717, 1.165) is 0 Å². The van der Waals surface area contributed by atoms with Gasteiger partial charge in [0.2, 0.25) is 0 Å². The van der Waals surface area contributed by atoms with Crippen molar-refractivity contribution in [3.05, 3.63) is 12.7 Å². The second kappa shape index (κ2) is 6.07. The van der Waals surface area contributed by atoms with Crippen molar-refractivity contribution >= 4 is 23.0 Å². The molecule has 1 fully saturated rings. The lowest BCUT2D eigenvalue weighted by molar-refractivity contribution is -0.149. The number of esters is 1. The van der Waals surface area contributed by atoms with Crippen LogP contribution in [0.15, 0.2) is 12.7 Å². The predicted octanol–water partition coefficient (Wildman–Crippen LogP) is -1.02. The van der Waals surface area contributed by atoms with Gasteiger partial charge in [0.1, 0.15) is 36.8 Å². The molecule has 0 aromatic carbocycles. The Bertz CT molecular complexity index is 741. The molecule has 1 aliphatic rings. The smallest absolute Gasteiger partial charge is 0.305 e. The Hall–Kier alpha value is -2.30. The summed E-state index contributed by atoms with van der Waals surface area (Å²) < 4.78 is 18.9. The van der Waals surface area contributed by atoms with Crippen LogP contribution in [-0.2, 0) is 14.3 Å². The van der Waals surface area contributed by atoms with Gasteiger partial charge < -0.3 is 25.4 Å². The third-order valence-corrected chi connectivity index (χ3v) is 3.61. The number of aliphatic hydroxyl groups is 2. The van der Waals surface area contributed by atoms with Crippen LogP contribution in [0.1, 0.15) is 20.9 Å². The summed E-state index contributed by atoms with van der Waals surface area (Å²) in [7, 11) is 0. The lowest BCUT2D eigenvalue weighted by atomic mass is 10.1. The molecule has 1 aliphatic heterocycles. The van der Waals surface area contributed by atoms with E-state index in [0.29, 0.717) is 11.2 Å². The van der Waals surface area contributed by atoms with E-state index in [2.05, 4.69) is 15.0 Å². The molecule has 4 atom stereocenters. The molecule has 0 amide bonds. The summed E-state index contributed by atoms with van der Waals surface area (Å²) in [5, 5.41) is 20.3. The van der Waals surface area contributed by atoms with Crippen LogP contribution in [0.25, 0.3) is 11.2 Å². The summed E-state index contributed by atoms with van der Waals surface area (Å²) in [6.45, 7) is -0.308. The van der Waals surface area contributed by atoms with Crippen molar-refractivity contribution in [3.63, 3.8) is 0 Å². The molecular weight excluding hydrogens is 306 g/mol. The molecular formula is C13H17N5O5. The van der Waals surface area contributed by atoms with Gasteiger partial charge in [0.15, 0.2) is 17.7 Å². The number of nitrogens with zero attached hydrogens (tertiary/aromatic N) is 4. The van der Waals surface area contributed by atoms with Gasteiger partial charge in [-0.2, -0.15) is 0 Å². The molecule has 1 unspecified atom stereocenters. The van der Waals surface area contributed by atoms with Crippen LogP contribution in [-0.4, -0.2) is 60.6 Å². The highest BCUT2D eigenvalue weighted by Crippen LogP contribution is 2.32. The van der Waals surface area contributed by atoms with Crippen LogP contribution >= 0.6 is 0 Å². The molecule has 1 saturated heterocycles. The Labute approximate surface area is 132 Å². The topological polar surface area (TPSA) is 146 Å². The van der Waals surface area contributed by atoms with Crippen molar-refractivity contribution in [1.29, 1.82) is 0 Å². The number of carbonyl (C=O) groups is 1. The molecule has 0 spiro atoms. The van der Waals surface area contributed by atoms with E-state index in [1.807, 2.05) is 0 Å². The summed E-state index contributed by atoms with van der Waals surface area (Å²) >= 11 is 0. The van der Waals surface area contributed by atoms with E-state index < -0.39 is 30.5 Å². The number of carbonyl (C=O) groups excluding carboxylic acids is 1. The lowest BCUT2D eigenvalue weighted by Crippen LogP contribution is -2.34. The predicted molar refractivity (Wildman–Crippen MR) is 76.9 cm³/mol. The quantitative estimate of drug-likeness (QED) is 0.601. The van der Waals surface area contributed by atoms with Gasteiger partial charge in [0, 0.05) is 7.79 Å². The normalized spacial score (nSPS) is 28.0. The number of hydrogen-bond donors (Lipinski definition) is 3. The number of imidazole rings is 1. The van der Waals surface area contributed by atoms with Crippen molar-refractivity contribution in [3.8, 4) is 0 Å². The highest BCUT2D eigenvalue weighted by molar-refractivity contribution is 5.81. The molecule has 3 rings (SSSR count). The van der Waals surface area contributed by atoms with Gasteiger partial charge in [-0.3, -0.25) is 9.36 Å². The molecule has 0 radical (unpaired) electrons. The summed E-state index contributed by atoms with van der Waals surface area (Å²) in [6, 6.07) is 0. The first-order valence-corrected chi connectivity index (χ1v) is 6.92. The number of anilines is 1. The maximum absolute atomic E-state index is 11.3. The van der Waals surface area contributed by atoms with Gasteiger partial charge in [0.25, 0.3) is 0 Å². The Kier molecular flexibility index (Phi) is 3.77. The number of rotatable bonds is 4. The lowest BCUT2D eigenvalue weighted by Gasteiger charge is -2.16. The van der Waals surface area contributed by atoms with Gasteiger partial charge >= 0.3 is 5.97 Å². The number of ether oxygens (including phenoxy) is 2. The highest BCUT2D eigenvalue weighted by Gasteiger charge is 2.44. The van der Waals surface area contributed by atoms with Gasteiger partial charge in [-0.15, -0.1) is 0 Å². The molecule has 124 valence electrons. The Morgan fingerprint density at radius 1 is 1.48 bits per heavy atom. The fraction of sp³-hybridized carbons (Fsp3) is 0.538. The molecule has 0 bridgehead atoms. The van der Waals surface area contributed by atoms with Gasteiger partial charge in [-0.05, 0) is 0 Å². The molecule has 2 aromatic rings. The summed E-state index contributed by atoms with van der Waals surface area (Å²) in [5.41, 5.74) is 6.42. The monoisotopic (exact) mass is 324 g/mol. The fourth-order valence-corrected chi connectivity index (χ4v) is 2.40. The largest absolute Gasteiger partial charge is 0.463 e. The number of nitrogen functional groups attached to an aromatic ring is 1. The minimum Gasteiger partial charge on any atom is -0.463 e. The number of fused-ring (bicyclic) bond motifs is 1. The zero-order chi connectivity index (χ0) is 17.3. The zero-order valence-corrected chi connectivity index (χ0v) is 12.1. The maximum Gasteiger partial charge on any atom is 0.305 e. The van der Waals surface area contributed by atoms with Gasteiger partial charge in [-0.1, -0.05) is 6.90 Å². The van der Waals surface area contributed by atoms with Gasteiger partial charge in [-0.25, -0.2) is 15.0 Å². The minimum absolute atomic E-state index is 0.0445.